The van der Waals surface area contributed by atoms with Crippen molar-refractivity contribution in [2.75, 3.05) is 5.73 Å². The van der Waals surface area contributed by atoms with Crippen molar-refractivity contribution in [2.45, 2.75) is 69.9 Å². The van der Waals surface area contributed by atoms with E-state index in [0.29, 0.717) is 17.8 Å². The van der Waals surface area contributed by atoms with Crippen LogP contribution in [-0.4, -0.2) is 49.0 Å². The lowest BCUT2D eigenvalue weighted by Gasteiger charge is -2.22. The van der Waals surface area contributed by atoms with E-state index in [9.17, 15) is 5.11 Å². The van der Waals surface area contributed by atoms with E-state index in [1.165, 1.54) is 0 Å². The second-order valence-electron chi connectivity index (χ2n) is 8.22. The minimum Gasteiger partial charge on any atom is -0.460 e. The molecule has 4 atom stereocenters. The predicted octanol–water partition coefficient (Wildman–Crippen LogP) is 2.59. The van der Waals surface area contributed by atoms with Gasteiger partial charge in [0.05, 0.1) is 19.0 Å². The summed E-state index contributed by atoms with van der Waals surface area (Å²) in [7, 11) is 0. The molecule has 2 fully saturated rings. The van der Waals surface area contributed by atoms with Gasteiger partial charge in [0.15, 0.2) is 23.2 Å². The van der Waals surface area contributed by atoms with Crippen LogP contribution in [0, 0.1) is 0 Å². The van der Waals surface area contributed by atoms with Crippen LogP contribution in [-0.2, 0) is 16.1 Å². The van der Waals surface area contributed by atoms with Gasteiger partial charge in [0, 0.05) is 0 Å². The standard InChI is InChI=1S/C22H27N5O4/c1-13-17(28)18(29-11-14-7-3-2-4-8-14)21(30-13)27-12-24-16-19(23)25-22(26-20(16)27)31-15-9-5-6-10-15/h2-4,7-8,12-13,15,17-18,21,28H,5-6,9-11H2,1H3,(H2,23,25,26)/t13-,17-,18-,21-/m1/s1. The predicted molar refractivity (Wildman–Crippen MR) is 113 cm³/mol. The number of aliphatic hydroxyl groups excluding tert-OH is 1. The summed E-state index contributed by atoms with van der Waals surface area (Å²) in [6, 6.07) is 10.1. The number of aliphatic hydroxyl groups is 1. The zero-order valence-electron chi connectivity index (χ0n) is 17.4. The third-order valence-electron chi connectivity index (χ3n) is 6.01. The van der Waals surface area contributed by atoms with E-state index in [1.807, 2.05) is 37.3 Å². The Morgan fingerprint density at radius 3 is 2.74 bits per heavy atom. The third-order valence-corrected chi connectivity index (χ3v) is 6.01. The van der Waals surface area contributed by atoms with Crippen molar-refractivity contribution in [3.05, 3.63) is 42.2 Å². The van der Waals surface area contributed by atoms with E-state index >= 15 is 0 Å². The summed E-state index contributed by atoms with van der Waals surface area (Å²) in [5.74, 6) is 0.255. The van der Waals surface area contributed by atoms with Crippen LogP contribution in [0.3, 0.4) is 0 Å². The zero-order valence-corrected chi connectivity index (χ0v) is 17.4. The van der Waals surface area contributed by atoms with Crippen molar-refractivity contribution in [1.82, 2.24) is 19.5 Å². The SMILES string of the molecule is C[C@H]1O[C@@H](n2cnc3c(N)nc(OC4CCCC4)nc32)[C@H](OCc2ccccc2)[C@@H]1O. The number of fused-ring (bicyclic) bond motifs is 1. The molecular formula is C22H27N5O4. The number of aromatic nitrogens is 4. The number of hydrogen-bond donors (Lipinski definition) is 2. The molecule has 9 heteroatoms. The number of hydrogen-bond acceptors (Lipinski definition) is 8. The third kappa shape index (κ3) is 3.96. The Balaban J connectivity index is 1.43. The topological polar surface area (TPSA) is 118 Å². The first-order valence-electron chi connectivity index (χ1n) is 10.8. The Morgan fingerprint density at radius 1 is 1.19 bits per heavy atom. The highest BCUT2D eigenvalue weighted by atomic mass is 16.6. The molecule has 0 amide bonds. The molecule has 5 rings (SSSR count). The summed E-state index contributed by atoms with van der Waals surface area (Å²) in [4.78, 5) is 13.2. The number of benzene rings is 1. The zero-order chi connectivity index (χ0) is 21.4. The molecular weight excluding hydrogens is 398 g/mol. The van der Waals surface area contributed by atoms with Crippen molar-refractivity contribution >= 4 is 17.0 Å². The molecule has 9 nitrogen and oxygen atoms in total. The highest BCUT2D eigenvalue weighted by Crippen LogP contribution is 2.35. The molecule has 0 bridgehead atoms. The van der Waals surface area contributed by atoms with Crippen molar-refractivity contribution in [1.29, 1.82) is 0 Å². The Kier molecular flexibility index (Phi) is 5.47. The van der Waals surface area contributed by atoms with Gasteiger partial charge in [-0.25, -0.2) is 4.98 Å². The molecule has 1 aromatic carbocycles. The van der Waals surface area contributed by atoms with Crippen LogP contribution in [0.4, 0.5) is 5.82 Å². The first kappa shape index (κ1) is 20.2. The van der Waals surface area contributed by atoms with Gasteiger partial charge >= 0.3 is 6.01 Å². The molecule has 1 saturated carbocycles. The Labute approximate surface area is 180 Å². The minimum atomic E-state index is -0.792. The average molecular weight is 425 g/mol. The first-order valence-corrected chi connectivity index (χ1v) is 10.8. The van der Waals surface area contributed by atoms with E-state index in [0.717, 1.165) is 31.2 Å². The van der Waals surface area contributed by atoms with Gasteiger partial charge in [-0.1, -0.05) is 30.3 Å². The highest BCUT2D eigenvalue weighted by molar-refractivity contribution is 5.82. The lowest BCUT2D eigenvalue weighted by atomic mass is 10.1. The van der Waals surface area contributed by atoms with Crippen molar-refractivity contribution in [3.63, 3.8) is 0 Å². The summed E-state index contributed by atoms with van der Waals surface area (Å²) < 4.78 is 19.8. The van der Waals surface area contributed by atoms with Crippen molar-refractivity contribution in [2.24, 2.45) is 0 Å². The molecule has 0 spiro atoms. The van der Waals surface area contributed by atoms with E-state index < -0.39 is 24.5 Å². The van der Waals surface area contributed by atoms with E-state index in [1.54, 1.807) is 10.9 Å². The number of ether oxygens (including phenoxy) is 3. The summed E-state index contributed by atoms with van der Waals surface area (Å²) >= 11 is 0. The summed E-state index contributed by atoms with van der Waals surface area (Å²) in [6.45, 7) is 2.18. The Bertz CT molecular complexity index is 1040. The molecule has 164 valence electrons. The lowest BCUT2D eigenvalue weighted by molar-refractivity contribution is -0.0729. The van der Waals surface area contributed by atoms with Gasteiger partial charge in [-0.2, -0.15) is 9.97 Å². The fourth-order valence-corrected chi connectivity index (χ4v) is 4.30. The lowest BCUT2D eigenvalue weighted by Crippen LogP contribution is -2.33. The molecule has 3 heterocycles. The monoisotopic (exact) mass is 425 g/mol. The van der Waals surface area contributed by atoms with E-state index in [-0.39, 0.29) is 17.9 Å². The molecule has 31 heavy (non-hydrogen) atoms. The second-order valence-corrected chi connectivity index (χ2v) is 8.22. The van der Waals surface area contributed by atoms with Gasteiger partial charge in [-0.05, 0) is 38.2 Å². The molecule has 2 aromatic heterocycles. The molecule has 1 aliphatic heterocycles. The van der Waals surface area contributed by atoms with Crippen LogP contribution in [0.1, 0.15) is 44.4 Å². The molecule has 1 saturated heterocycles. The average Bonchev–Trinajstić information content (AvgIpc) is 3.49. The smallest absolute Gasteiger partial charge is 0.320 e. The molecule has 3 N–H and O–H groups in total. The van der Waals surface area contributed by atoms with Crippen LogP contribution < -0.4 is 10.5 Å². The number of nitrogen functional groups attached to an aromatic ring is 1. The van der Waals surface area contributed by atoms with Gasteiger partial charge in [-0.15, -0.1) is 0 Å². The Morgan fingerprint density at radius 2 is 1.97 bits per heavy atom. The van der Waals surface area contributed by atoms with Crippen LogP contribution >= 0.6 is 0 Å². The van der Waals surface area contributed by atoms with Crippen LogP contribution in [0.25, 0.3) is 11.2 Å². The molecule has 3 aromatic rings. The normalized spacial score (nSPS) is 26.6. The molecule has 0 radical (unpaired) electrons. The highest BCUT2D eigenvalue weighted by Gasteiger charge is 2.44. The van der Waals surface area contributed by atoms with Crippen molar-refractivity contribution in [3.8, 4) is 6.01 Å². The minimum absolute atomic E-state index is 0.111. The van der Waals surface area contributed by atoms with Gasteiger partial charge < -0.3 is 25.1 Å². The number of imidazole rings is 1. The fraction of sp³-hybridized carbons (Fsp3) is 0.500. The number of anilines is 1. The quantitative estimate of drug-likeness (QED) is 0.619. The van der Waals surface area contributed by atoms with Gasteiger partial charge in [0.25, 0.3) is 0 Å². The summed E-state index contributed by atoms with van der Waals surface area (Å²) in [5, 5.41) is 10.7. The first-order chi connectivity index (χ1) is 15.1. The summed E-state index contributed by atoms with van der Waals surface area (Å²) in [6.07, 6.45) is 3.59. The number of rotatable bonds is 6. The number of nitrogens with two attached hydrogens (primary N) is 1. The van der Waals surface area contributed by atoms with Gasteiger partial charge in [0.1, 0.15) is 18.3 Å². The van der Waals surface area contributed by atoms with Crippen LogP contribution in [0.5, 0.6) is 6.01 Å². The largest absolute Gasteiger partial charge is 0.460 e. The van der Waals surface area contributed by atoms with Gasteiger partial charge in [0.2, 0.25) is 0 Å². The van der Waals surface area contributed by atoms with E-state index in [2.05, 4.69) is 15.0 Å². The van der Waals surface area contributed by atoms with Crippen molar-refractivity contribution < 1.29 is 19.3 Å². The summed E-state index contributed by atoms with van der Waals surface area (Å²) in [5.41, 5.74) is 8.13. The maximum Gasteiger partial charge on any atom is 0.320 e. The van der Waals surface area contributed by atoms with Gasteiger partial charge in [-0.3, -0.25) is 4.57 Å². The maximum atomic E-state index is 10.7. The fourth-order valence-electron chi connectivity index (χ4n) is 4.30. The molecule has 0 unspecified atom stereocenters. The van der Waals surface area contributed by atoms with Crippen LogP contribution in [0.2, 0.25) is 0 Å². The number of nitrogens with zero attached hydrogens (tertiary/aromatic N) is 4. The second kappa shape index (κ2) is 8.41. The molecule has 2 aliphatic rings. The van der Waals surface area contributed by atoms with E-state index in [4.69, 9.17) is 19.9 Å². The van der Waals surface area contributed by atoms with Crippen LogP contribution in [0.15, 0.2) is 36.7 Å². The maximum absolute atomic E-state index is 10.7. The Hall–Kier alpha value is -2.75. The molecule has 1 aliphatic carbocycles.